The van der Waals surface area contributed by atoms with Gasteiger partial charge in [-0.1, -0.05) is 12.1 Å². The lowest BCUT2D eigenvalue weighted by Gasteiger charge is -2.23. The van der Waals surface area contributed by atoms with Crippen molar-refractivity contribution in [3.63, 3.8) is 0 Å². The molecule has 0 spiro atoms. The zero-order valence-corrected chi connectivity index (χ0v) is 13.4. The molecule has 9 heteroatoms. The number of nitro groups is 1. The van der Waals surface area contributed by atoms with Crippen molar-refractivity contribution in [1.82, 2.24) is 9.62 Å². The van der Waals surface area contributed by atoms with Crippen molar-refractivity contribution in [3.8, 4) is 0 Å². The summed E-state index contributed by atoms with van der Waals surface area (Å²) < 4.78 is 26.6. The van der Waals surface area contributed by atoms with Gasteiger partial charge in [-0.25, -0.2) is 8.42 Å². The van der Waals surface area contributed by atoms with Gasteiger partial charge in [0.1, 0.15) is 0 Å². The summed E-state index contributed by atoms with van der Waals surface area (Å²) in [6.45, 7) is 2.89. The molecule has 1 aliphatic heterocycles. The first kappa shape index (κ1) is 17.8. The number of aryl methyl sites for hydroxylation is 1. The van der Waals surface area contributed by atoms with Crippen LogP contribution in [-0.2, 0) is 10.0 Å². The van der Waals surface area contributed by atoms with Gasteiger partial charge in [0.15, 0.2) is 4.90 Å². The Hall–Kier alpha value is -1.22. The Bertz CT molecular complexity index is 629. The smallest absolute Gasteiger partial charge is 0.289 e. The van der Waals surface area contributed by atoms with E-state index in [-0.39, 0.29) is 29.0 Å². The van der Waals surface area contributed by atoms with E-state index in [4.69, 9.17) is 0 Å². The number of nitrogens with one attached hydrogen (secondary N) is 1. The highest BCUT2D eigenvalue weighted by Crippen LogP contribution is 2.30. The maximum atomic E-state index is 12.7. The SMILES string of the molecule is Cc1cccc([N+](=O)[O-])c1S(=O)(=O)N(C)C1CCNC1.Cl. The molecule has 1 atom stereocenters. The van der Waals surface area contributed by atoms with Crippen LogP contribution < -0.4 is 5.32 Å². The molecule has 1 heterocycles. The number of likely N-dealkylation sites (N-methyl/N-ethyl adjacent to an activating group) is 1. The molecule has 1 aliphatic rings. The number of sulfonamides is 1. The summed E-state index contributed by atoms with van der Waals surface area (Å²) in [6.07, 6.45) is 0.704. The number of nitrogens with zero attached hydrogens (tertiary/aromatic N) is 2. The van der Waals surface area contributed by atoms with Gasteiger partial charge in [0.25, 0.3) is 5.69 Å². The van der Waals surface area contributed by atoms with Crippen LogP contribution in [-0.4, -0.2) is 43.8 Å². The molecule has 1 aromatic rings. The van der Waals surface area contributed by atoms with Crippen LogP contribution in [0.3, 0.4) is 0 Å². The second kappa shape index (κ2) is 6.69. The van der Waals surface area contributed by atoms with Gasteiger partial charge >= 0.3 is 0 Å². The monoisotopic (exact) mass is 335 g/mol. The molecule has 7 nitrogen and oxygen atoms in total. The number of hydrogen-bond donors (Lipinski definition) is 1. The quantitative estimate of drug-likeness (QED) is 0.661. The van der Waals surface area contributed by atoms with Crippen molar-refractivity contribution in [1.29, 1.82) is 0 Å². The van der Waals surface area contributed by atoms with Crippen LogP contribution in [0.2, 0.25) is 0 Å². The Morgan fingerprint density at radius 2 is 2.10 bits per heavy atom. The van der Waals surface area contributed by atoms with Crippen LogP contribution in [0.1, 0.15) is 12.0 Å². The fourth-order valence-electron chi connectivity index (χ4n) is 2.41. The fourth-order valence-corrected chi connectivity index (χ4v) is 4.15. The molecule has 0 aromatic heterocycles. The Kier molecular flexibility index (Phi) is 5.68. The molecular formula is C12H18ClN3O4S. The molecule has 0 radical (unpaired) electrons. The normalized spacial score (nSPS) is 18.5. The fraction of sp³-hybridized carbons (Fsp3) is 0.500. The maximum absolute atomic E-state index is 12.7. The summed E-state index contributed by atoms with van der Waals surface area (Å²) in [7, 11) is -2.40. The summed E-state index contributed by atoms with van der Waals surface area (Å²) >= 11 is 0. The molecule has 0 amide bonds. The molecule has 0 aliphatic carbocycles. The summed E-state index contributed by atoms with van der Waals surface area (Å²) in [5, 5.41) is 14.2. The minimum Gasteiger partial charge on any atom is -0.315 e. The van der Waals surface area contributed by atoms with Crippen molar-refractivity contribution in [3.05, 3.63) is 33.9 Å². The molecule has 1 N–H and O–H groups in total. The molecule has 1 unspecified atom stereocenters. The van der Waals surface area contributed by atoms with Crippen LogP contribution in [0.25, 0.3) is 0 Å². The van der Waals surface area contributed by atoms with Crippen LogP contribution >= 0.6 is 12.4 Å². The molecule has 1 aromatic carbocycles. The van der Waals surface area contributed by atoms with E-state index < -0.39 is 14.9 Å². The zero-order chi connectivity index (χ0) is 14.9. The molecule has 1 saturated heterocycles. The lowest BCUT2D eigenvalue weighted by atomic mass is 10.2. The minimum atomic E-state index is -3.88. The van der Waals surface area contributed by atoms with E-state index in [2.05, 4.69) is 5.32 Å². The van der Waals surface area contributed by atoms with Crippen molar-refractivity contribution in [2.45, 2.75) is 24.3 Å². The second-order valence-electron chi connectivity index (χ2n) is 4.85. The summed E-state index contributed by atoms with van der Waals surface area (Å²) in [5.74, 6) is 0. The molecule has 21 heavy (non-hydrogen) atoms. The summed E-state index contributed by atoms with van der Waals surface area (Å²) in [5.41, 5.74) is 0.0137. The lowest BCUT2D eigenvalue weighted by molar-refractivity contribution is -0.387. The predicted molar refractivity (Wildman–Crippen MR) is 81.3 cm³/mol. The van der Waals surface area contributed by atoms with Crippen LogP contribution in [0, 0.1) is 17.0 Å². The molecule has 2 rings (SSSR count). The van der Waals surface area contributed by atoms with E-state index in [0.29, 0.717) is 18.5 Å². The van der Waals surface area contributed by atoms with Gasteiger partial charge in [-0.15, -0.1) is 12.4 Å². The molecule has 0 saturated carbocycles. The first-order chi connectivity index (χ1) is 9.35. The van der Waals surface area contributed by atoms with Gasteiger partial charge in [-0.05, 0) is 25.5 Å². The van der Waals surface area contributed by atoms with Gasteiger partial charge in [-0.2, -0.15) is 4.31 Å². The van der Waals surface area contributed by atoms with E-state index in [0.717, 1.165) is 6.54 Å². The van der Waals surface area contributed by atoms with Crippen molar-refractivity contribution >= 4 is 28.1 Å². The largest absolute Gasteiger partial charge is 0.315 e. The number of benzene rings is 1. The third kappa shape index (κ3) is 3.34. The Morgan fingerprint density at radius 1 is 1.43 bits per heavy atom. The van der Waals surface area contributed by atoms with Crippen molar-refractivity contribution in [2.75, 3.05) is 20.1 Å². The number of halogens is 1. The van der Waals surface area contributed by atoms with E-state index >= 15 is 0 Å². The van der Waals surface area contributed by atoms with Crippen LogP contribution in [0.15, 0.2) is 23.1 Å². The highest BCUT2D eigenvalue weighted by Gasteiger charge is 2.35. The Morgan fingerprint density at radius 3 is 2.62 bits per heavy atom. The zero-order valence-electron chi connectivity index (χ0n) is 11.8. The van der Waals surface area contributed by atoms with Gasteiger partial charge in [0, 0.05) is 25.7 Å². The Balaban J connectivity index is 0.00000220. The lowest BCUT2D eigenvalue weighted by Crippen LogP contribution is -2.38. The second-order valence-corrected chi connectivity index (χ2v) is 6.78. The average Bonchev–Trinajstić information content (AvgIpc) is 2.90. The van der Waals surface area contributed by atoms with Gasteiger partial charge in [0.05, 0.1) is 4.92 Å². The van der Waals surface area contributed by atoms with E-state index in [1.54, 1.807) is 13.0 Å². The van der Waals surface area contributed by atoms with E-state index in [1.165, 1.54) is 23.5 Å². The Labute approximate surface area is 129 Å². The highest BCUT2D eigenvalue weighted by atomic mass is 35.5. The third-order valence-corrected chi connectivity index (χ3v) is 5.68. The van der Waals surface area contributed by atoms with Crippen molar-refractivity contribution < 1.29 is 13.3 Å². The average molecular weight is 336 g/mol. The first-order valence-corrected chi connectivity index (χ1v) is 7.72. The topological polar surface area (TPSA) is 92.5 Å². The van der Waals surface area contributed by atoms with Gasteiger partial charge in [0.2, 0.25) is 10.0 Å². The van der Waals surface area contributed by atoms with E-state index in [1.807, 2.05) is 0 Å². The van der Waals surface area contributed by atoms with Gasteiger partial charge < -0.3 is 5.32 Å². The number of rotatable bonds is 4. The number of hydrogen-bond acceptors (Lipinski definition) is 5. The van der Waals surface area contributed by atoms with Crippen molar-refractivity contribution in [2.24, 2.45) is 0 Å². The minimum absolute atomic E-state index is 0. The molecule has 0 bridgehead atoms. The number of nitro benzene ring substituents is 1. The van der Waals surface area contributed by atoms with Crippen LogP contribution in [0.4, 0.5) is 5.69 Å². The molecular weight excluding hydrogens is 318 g/mol. The third-order valence-electron chi connectivity index (χ3n) is 3.57. The summed E-state index contributed by atoms with van der Waals surface area (Å²) in [6, 6.07) is 4.12. The molecule has 1 fully saturated rings. The van der Waals surface area contributed by atoms with Gasteiger partial charge in [-0.3, -0.25) is 10.1 Å². The predicted octanol–water partition coefficient (Wildman–Crippen LogP) is 1.31. The standard InChI is InChI=1S/C12H17N3O4S.ClH/c1-9-4-3-5-11(15(16)17)12(9)20(18,19)14(2)10-6-7-13-8-10;/h3-5,10,13H,6-8H2,1-2H3;1H. The molecule has 118 valence electrons. The summed E-state index contributed by atoms with van der Waals surface area (Å²) in [4.78, 5) is 10.2. The van der Waals surface area contributed by atoms with E-state index in [9.17, 15) is 18.5 Å². The maximum Gasteiger partial charge on any atom is 0.289 e. The first-order valence-electron chi connectivity index (χ1n) is 6.28. The highest BCUT2D eigenvalue weighted by molar-refractivity contribution is 7.89. The van der Waals surface area contributed by atoms with Crippen LogP contribution in [0.5, 0.6) is 0 Å².